The molecule has 19 heavy (non-hydrogen) atoms. The van der Waals surface area contributed by atoms with E-state index in [0.717, 1.165) is 16.7 Å². The molecule has 1 aromatic heterocycles. The van der Waals surface area contributed by atoms with Crippen molar-refractivity contribution in [3.8, 4) is 17.1 Å². The van der Waals surface area contributed by atoms with E-state index in [0.29, 0.717) is 17.5 Å². The second-order valence-corrected chi connectivity index (χ2v) is 5.26. The van der Waals surface area contributed by atoms with E-state index in [1.807, 2.05) is 46.9 Å². The minimum absolute atomic E-state index is 0.308. The van der Waals surface area contributed by atoms with Crippen molar-refractivity contribution in [3.05, 3.63) is 29.2 Å². The lowest BCUT2D eigenvalue weighted by molar-refractivity contribution is 0.281. The smallest absolute Gasteiger partial charge is 0.246 e. The molecule has 0 aliphatic heterocycles. The summed E-state index contributed by atoms with van der Waals surface area (Å²) >= 11 is 0. The minimum Gasteiger partial charge on any atom is -0.507 e. The number of nitrogens with one attached hydrogen (secondary N) is 1. The van der Waals surface area contributed by atoms with Crippen LogP contribution < -0.4 is 5.32 Å². The van der Waals surface area contributed by atoms with Gasteiger partial charge in [0.1, 0.15) is 5.75 Å². The van der Waals surface area contributed by atoms with Gasteiger partial charge in [-0.05, 0) is 58.0 Å². The first-order valence-corrected chi connectivity index (χ1v) is 6.19. The summed E-state index contributed by atoms with van der Waals surface area (Å²) in [6.45, 7) is 7.64. The molecule has 0 saturated carbocycles. The van der Waals surface area contributed by atoms with Gasteiger partial charge in [-0.25, -0.2) is 0 Å². The van der Waals surface area contributed by atoms with Gasteiger partial charge in [0.2, 0.25) is 11.7 Å². The fourth-order valence-electron chi connectivity index (χ4n) is 1.79. The molecule has 0 radical (unpaired) electrons. The molecule has 2 aromatic rings. The molecule has 2 N–H and O–H groups in total. The average molecular weight is 261 g/mol. The van der Waals surface area contributed by atoms with Crippen molar-refractivity contribution in [2.75, 3.05) is 7.05 Å². The third-order valence-electron chi connectivity index (χ3n) is 3.33. The van der Waals surface area contributed by atoms with E-state index in [1.165, 1.54) is 0 Å². The van der Waals surface area contributed by atoms with Crippen LogP contribution in [-0.4, -0.2) is 22.3 Å². The zero-order valence-electron chi connectivity index (χ0n) is 11.9. The van der Waals surface area contributed by atoms with Crippen LogP contribution in [0.2, 0.25) is 0 Å². The normalized spacial score (nSPS) is 11.8. The molecule has 0 amide bonds. The molecule has 0 atom stereocenters. The van der Waals surface area contributed by atoms with Gasteiger partial charge in [0.05, 0.1) is 5.54 Å². The van der Waals surface area contributed by atoms with E-state index in [4.69, 9.17) is 4.52 Å². The zero-order chi connectivity index (χ0) is 14.2. The molecule has 1 aromatic carbocycles. The summed E-state index contributed by atoms with van der Waals surface area (Å²) in [6, 6.07) is 3.70. The number of phenols is 1. The molecule has 102 valence electrons. The van der Waals surface area contributed by atoms with Gasteiger partial charge < -0.3 is 14.9 Å². The van der Waals surface area contributed by atoms with E-state index >= 15 is 0 Å². The predicted molar refractivity (Wildman–Crippen MR) is 73.0 cm³/mol. The van der Waals surface area contributed by atoms with Crippen molar-refractivity contribution in [3.63, 3.8) is 0 Å². The second kappa shape index (κ2) is 4.66. The molecule has 5 nitrogen and oxygen atoms in total. The van der Waals surface area contributed by atoms with Gasteiger partial charge in [-0.15, -0.1) is 0 Å². The van der Waals surface area contributed by atoms with Gasteiger partial charge in [-0.2, -0.15) is 4.98 Å². The Morgan fingerprint density at radius 1 is 1.21 bits per heavy atom. The molecular weight excluding hydrogens is 242 g/mol. The number of nitrogens with zero attached hydrogens (tertiary/aromatic N) is 2. The number of aromatic nitrogens is 2. The standard InChI is InChI=1S/C14H19N3O2/c1-8-6-10(7-9(2)11(8)18)12-16-13(19-17-12)14(3,4)15-5/h6-7,15,18H,1-5H3. The number of benzene rings is 1. The molecule has 5 heteroatoms. The molecule has 0 aliphatic carbocycles. The molecule has 0 saturated heterocycles. The Labute approximate surface area is 112 Å². The average Bonchev–Trinajstić information content (AvgIpc) is 2.85. The van der Waals surface area contributed by atoms with E-state index in [9.17, 15) is 5.11 Å². The zero-order valence-corrected chi connectivity index (χ0v) is 11.9. The summed E-state index contributed by atoms with van der Waals surface area (Å²) in [5.74, 6) is 1.38. The Morgan fingerprint density at radius 2 is 1.79 bits per heavy atom. The van der Waals surface area contributed by atoms with Crippen molar-refractivity contribution in [2.24, 2.45) is 0 Å². The highest BCUT2D eigenvalue weighted by molar-refractivity contribution is 5.60. The maximum atomic E-state index is 9.78. The quantitative estimate of drug-likeness (QED) is 0.888. The van der Waals surface area contributed by atoms with Gasteiger partial charge in [-0.1, -0.05) is 5.16 Å². The summed E-state index contributed by atoms with van der Waals surface area (Å²) in [7, 11) is 1.85. The molecular formula is C14H19N3O2. The molecule has 0 unspecified atom stereocenters. The Balaban J connectivity index is 2.44. The molecule has 0 bridgehead atoms. The fourth-order valence-corrected chi connectivity index (χ4v) is 1.79. The van der Waals surface area contributed by atoms with Crippen LogP contribution >= 0.6 is 0 Å². The Morgan fingerprint density at radius 3 is 2.32 bits per heavy atom. The van der Waals surface area contributed by atoms with Crippen LogP contribution in [0.1, 0.15) is 30.9 Å². The van der Waals surface area contributed by atoms with Gasteiger partial charge in [0, 0.05) is 5.56 Å². The topological polar surface area (TPSA) is 71.2 Å². The summed E-state index contributed by atoms with van der Waals surface area (Å²) in [5.41, 5.74) is 2.07. The first-order chi connectivity index (χ1) is 8.85. The van der Waals surface area contributed by atoms with Crippen LogP contribution in [0.5, 0.6) is 5.75 Å². The number of aryl methyl sites for hydroxylation is 2. The minimum atomic E-state index is -0.369. The number of rotatable bonds is 3. The summed E-state index contributed by atoms with van der Waals surface area (Å²) in [6.07, 6.45) is 0. The molecule has 0 aliphatic rings. The largest absolute Gasteiger partial charge is 0.507 e. The third-order valence-corrected chi connectivity index (χ3v) is 3.33. The molecule has 0 spiro atoms. The number of hydrogen-bond donors (Lipinski definition) is 2. The summed E-state index contributed by atoms with van der Waals surface area (Å²) in [5, 5.41) is 16.9. The molecule has 0 fully saturated rings. The van der Waals surface area contributed by atoms with Crippen LogP contribution in [0.3, 0.4) is 0 Å². The van der Waals surface area contributed by atoms with Crippen molar-refractivity contribution in [1.29, 1.82) is 0 Å². The van der Waals surface area contributed by atoms with Crippen LogP contribution in [-0.2, 0) is 5.54 Å². The van der Waals surface area contributed by atoms with Crippen LogP contribution in [0.4, 0.5) is 0 Å². The summed E-state index contributed by atoms with van der Waals surface area (Å²) < 4.78 is 5.30. The predicted octanol–water partition coefficient (Wildman–Crippen LogP) is 2.51. The number of phenolic OH excluding ortho intramolecular Hbond substituents is 1. The maximum absolute atomic E-state index is 9.78. The third kappa shape index (κ3) is 2.46. The fraction of sp³-hybridized carbons (Fsp3) is 0.429. The van der Waals surface area contributed by atoms with Crippen molar-refractivity contribution in [1.82, 2.24) is 15.5 Å². The maximum Gasteiger partial charge on any atom is 0.246 e. The lowest BCUT2D eigenvalue weighted by Gasteiger charge is -2.17. The van der Waals surface area contributed by atoms with Crippen LogP contribution in [0, 0.1) is 13.8 Å². The highest BCUT2D eigenvalue weighted by atomic mass is 16.5. The van der Waals surface area contributed by atoms with Crippen LogP contribution in [0.25, 0.3) is 11.4 Å². The van der Waals surface area contributed by atoms with Gasteiger partial charge >= 0.3 is 0 Å². The van der Waals surface area contributed by atoms with Gasteiger partial charge in [-0.3, -0.25) is 0 Å². The lowest BCUT2D eigenvalue weighted by Crippen LogP contribution is -2.33. The first-order valence-electron chi connectivity index (χ1n) is 6.19. The Kier molecular flexibility index (Phi) is 3.32. The lowest BCUT2D eigenvalue weighted by atomic mass is 10.0. The number of aromatic hydroxyl groups is 1. The second-order valence-electron chi connectivity index (χ2n) is 5.26. The Bertz CT molecular complexity index is 579. The molecule has 2 rings (SSSR count). The van der Waals surface area contributed by atoms with Gasteiger partial charge in [0.25, 0.3) is 0 Å². The molecule has 1 heterocycles. The van der Waals surface area contributed by atoms with Crippen LogP contribution in [0.15, 0.2) is 16.7 Å². The monoisotopic (exact) mass is 261 g/mol. The highest BCUT2D eigenvalue weighted by Crippen LogP contribution is 2.28. The number of hydrogen-bond acceptors (Lipinski definition) is 5. The van der Waals surface area contributed by atoms with Gasteiger partial charge in [0.15, 0.2) is 0 Å². The van der Waals surface area contributed by atoms with Crippen molar-refractivity contribution in [2.45, 2.75) is 33.2 Å². The summed E-state index contributed by atoms with van der Waals surface area (Å²) in [4.78, 5) is 4.41. The highest BCUT2D eigenvalue weighted by Gasteiger charge is 2.25. The SMILES string of the molecule is CNC(C)(C)c1nc(-c2cc(C)c(O)c(C)c2)no1. The first kappa shape index (κ1) is 13.5. The van der Waals surface area contributed by atoms with E-state index < -0.39 is 0 Å². The van der Waals surface area contributed by atoms with Crippen molar-refractivity contribution < 1.29 is 9.63 Å². The van der Waals surface area contributed by atoms with Crippen molar-refractivity contribution >= 4 is 0 Å². The Hall–Kier alpha value is -1.88. The van der Waals surface area contributed by atoms with E-state index in [1.54, 1.807) is 0 Å². The van der Waals surface area contributed by atoms with E-state index in [-0.39, 0.29) is 5.54 Å². The van der Waals surface area contributed by atoms with E-state index in [2.05, 4.69) is 15.5 Å².